The van der Waals surface area contributed by atoms with E-state index < -0.39 is 0 Å². The summed E-state index contributed by atoms with van der Waals surface area (Å²) in [5, 5.41) is 14.7. The molecule has 4 rings (SSSR count). The first-order valence-corrected chi connectivity index (χ1v) is 11.6. The quantitative estimate of drug-likeness (QED) is 0.224. The second-order valence-electron chi connectivity index (χ2n) is 7.72. The molecule has 190 valence electrons. The van der Waals surface area contributed by atoms with Crippen molar-refractivity contribution >= 4 is 23.2 Å². The number of nitrogens with one attached hydrogen (secondary N) is 3. The largest absolute Gasteiger partial charge is 0.383 e. The van der Waals surface area contributed by atoms with Crippen LogP contribution in [0.1, 0.15) is 0 Å². The van der Waals surface area contributed by atoms with Gasteiger partial charge in [-0.15, -0.1) is 0 Å². The number of ether oxygens (including phenoxy) is 3. The van der Waals surface area contributed by atoms with Gasteiger partial charge in [-0.1, -0.05) is 6.07 Å². The Kier molecular flexibility index (Phi) is 8.92. The summed E-state index contributed by atoms with van der Waals surface area (Å²) in [5.41, 5.74) is 3.77. The van der Waals surface area contributed by atoms with Gasteiger partial charge >= 0.3 is 0 Å². The van der Waals surface area contributed by atoms with Crippen molar-refractivity contribution in [3.8, 4) is 22.6 Å². The zero-order valence-electron chi connectivity index (χ0n) is 20.7. The number of aromatic nitrogens is 6. The fraction of sp³-hybridized carbons (Fsp3) is 0.375. The normalized spacial score (nSPS) is 11.1. The van der Waals surface area contributed by atoms with Gasteiger partial charge in [0.15, 0.2) is 0 Å². The van der Waals surface area contributed by atoms with Crippen molar-refractivity contribution < 1.29 is 14.2 Å². The smallest absolute Gasteiger partial charge is 0.223 e. The molecule has 0 aliphatic heterocycles. The van der Waals surface area contributed by atoms with Crippen molar-refractivity contribution in [1.29, 1.82) is 0 Å². The SMILES string of the molecule is COCCNc1nccc(-c2nn3c(NCCOC)cccc3c2-c2ccnc(NCCOC)n2)n1. The molecule has 4 heterocycles. The Morgan fingerprint density at radius 1 is 0.722 bits per heavy atom. The standard InChI is InChI=1S/C24H31N9O3/c1-34-14-11-25-20-6-4-5-19-21(17-7-9-26-23(30-17)28-12-15-35-2)22(32-33(19)20)18-8-10-27-24(31-18)29-13-16-36-3/h4-10,25H,11-16H2,1-3H3,(H,26,28,30)(H,27,29,31). The lowest BCUT2D eigenvalue weighted by molar-refractivity contribution is 0.210. The summed E-state index contributed by atoms with van der Waals surface area (Å²) in [6, 6.07) is 9.66. The third-order valence-corrected chi connectivity index (χ3v) is 5.26. The van der Waals surface area contributed by atoms with Crippen LogP contribution in [0.2, 0.25) is 0 Å². The average molecular weight is 494 g/mol. The van der Waals surface area contributed by atoms with E-state index in [4.69, 9.17) is 29.3 Å². The molecule has 0 amide bonds. The summed E-state index contributed by atoms with van der Waals surface area (Å²) >= 11 is 0. The van der Waals surface area contributed by atoms with Crippen LogP contribution in [0.25, 0.3) is 28.2 Å². The van der Waals surface area contributed by atoms with Gasteiger partial charge in [0.1, 0.15) is 11.5 Å². The lowest BCUT2D eigenvalue weighted by atomic mass is 10.1. The zero-order valence-corrected chi connectivity index (χ0v) is 20.7. The van der Waals surface area contributed by atoms with Crippen molar-refractivity contribution in [2.24, 2.45) is 0 Å². The molecule has 3 N–H and O–H groups in total. The number of rotatable bonds is 14. The number of methoxy groups -OCH3 is 3. The summed E-state index contributed by atoms with van der Waals surface area (Å²) in [4.78, 5) is 18.2. The fourth-order valence-corrected chi connectivity index (χ4v) is 3.61. The minimum Gasteiger partial charge on any atom is -0.383 e. The van der Waals surface area contributed by atoms with E-state index in [1.54, 1.807) is 33.7 Å². The van der Waals surface area contributed by atoms with E-state index in [-0.39, 0.29) is 0 Å². The van der Waals surface area contributed by atoms with Crippen molar-refractivity contribution in [3.05, 3.63) is 42.7 Å². The van der Waals surface area contributed by atoms with E-state index >= 15 is 0 Å². The number of nitrogens with zero attached hydrogens (tertiary/aromatic N) is 6. The number of pyridine rings is 1. The number of hydrogen-bond acceptors (Lipinski definition) is 11. The number of hydrogen-bond donors (Lipinski definition) is 3. The molecule has 0 unspecified atom stereocenters. The summed E-state index contributed by atoms with van der Waals surface area (Å²) in [5.74, 6) is 1.83. The highest BCUT2D eigenvalue weighted by molar-refractivity contribution is 5.91. The van der Waals surface area contributed by atoms with Crippen molar-refractivity contribution in [1.82, 2.24) is 29.5 Å². The molecule has 0 saturated carbocycles. The molecule has 0 atom stereocenters. The Balaban J connectivity index is 1.80. The van der Waals surface area contributed by atoms with Gasteiger partial charge in [0, 0.05) is 53.4 Å². The van der Waals surface area contributed by atoms with Crippen LogP contribution < -0.4 is 16.0 Å². The monoisotopic (exact) mass is 493 g/mol. The van der Waals surface area contributed by atoms with Gasteiger partial charge in [-0.2, -0.15) is 5.10 Å². The Morgan fingerprint density at radius 3 is 1.94 bits per heavy atom. The third kappa shape index (κ3) is 6.03. The van der Waals surface area contributed by atoms with Crippen LogP contribution >= 0.6 is 0 Å². The Hall–Kier alpha value is -3.87. The first-order chi connectivity index (χ1) is 17.7. The van der Waals surface area contributed by atoms with Gasteiger partial charge < -0.3 is 30.2 Å². The minimum atomic E-state index is 0.496. The maximum atomic E-state index is 5.19. The molecule has 0 aromatic carbocycles. The highest BCUT2D eigenvalue weighted by Crippen LogP contribution is 2.35. The zero-order chi connectivity index (χ0) is 25.2. The summed E-state index contributed by atoms with van der Waals surface area (Å²) in [6.07, 6.45) is 3.43. The van der Waals surface area contributed by atoms with Crippen LogP contribution in [0.5, 0.6) is 0 Å². The second kappa shape index (κ2) is 12.7. The summed E-state index contributed by atoms with van der Waals surface area (Å²) in [6.45, 7) is 3.49. The highest BCUT2D eigenvalue weighted by atomic mass is 16.5. The maximum Gasteiger partial charge on any atom is 0.223 e. The molecule has 36 heavy (non-hydrogen) atoms. The van der Waals surface area contributed by atoms with Gasteiger partial charge in [0.05, 0.1) is 42.3 Å². The van der Waals surface area contributed by atoms with Crippen LogP contribution in [-0.2, 0) is 14.2 Å². The van der Waals surface area contributed by atoms with Gasteiger partial charge in [0.2, 0.25) is 11.9 Å². The maximum absolute atomic E-state index is 5.19. The molecular formula is C24H31N9O3. The van der Waals surface area contributed by atoms with Crippen LogP contribution in [0.4, 0.5) is 17.7 Å². The first-order valence-electron chi connectivity index (χ1n) is 11.6. The van der Waals surface area contributed by atoms with Gasteiger partial charge in [-0.05, 0) is 24.3 Å². The number of anilines is 3. The van der Waals surface area contributed by atoms with E-state index in [2.05, 4.69) is 25.9 Å². The third-order valence-electron chi connectivity index (χ3n) is 5.26. The Morgan fingerprint density at radius 2 is 1.31 bits per heavy atom. The van der Waals surface area contributed by atoms with Crippen molar-refractivity contribution in [2.75, 3.05) is 76.7 Å². The minimum absolute atomic E-state index is 0.496. The van der Waals surface area contributed by atoms with Gasteiger partial charge in [-0.25, -0.2) is 24.5 Å². The first kappa shape index (κ1) is 25.2. The Bertz CT molecular complexity index is 1260. The van der Waals surface area contributed by atoms with Crippen LogP contribution in [0, 0.1) is 0 Å². The van der Waals surface area contributed by atoms with Crippen LogP contribution in [0.3, 0.4) is 0 Å². The average Bonchev–Trinajstić information content (AvgIpc) is 3.30. The van der Waals surface area contributed by atoms with Crippen molar-refractivity contribution in [3.63, 3.8) is 0 Å². The van der Waals surface area contributed by atoms with E-state index in [9.17, 15) is 0 Å². The molecule has 12 nitrogen and oxygen atoms in total. The number of fused-ring (bicyclic) bond motifs is 1. The topological polar surface area (TPSA) is 133 Å². The molecule has 0 aliphatic rings. The molecule has 0 bridgehead atoms. The predicted octanol–water partition coefficient (Wildman–Crippen LogP) is 2.42. The Labute approximate surface area is 209 Å². The lowest BCUT2D eigenvalue weighted by Crippen LogP contribution is -2.11. The molecule has 0 radical (unpaired) electrons. The van der Waals surface area contributed by atoms with E-state index in [0.717, 1.165) is 22.6 Å². The van der Waals surface area contributed by atoms with E-state index in [0.29, 0.717) is 62.7 Å². The molecular weight excluding hydrogens is 462 g/mol. The lowest BCUT2D eigenvalue weighted by Gasteiger charge is -2.09. The van der Waals surface area contributed by atoms with Gasteiger partial charge in [-0.3, -0.25) is 0 Å². The molecule has 0 aliphatic carbocycles. The highest BCUT2D eigenvalue weighted by Gasteiger charge is 2.21. The molecule has 4 aromatic rings. The molecule has 0 fully saturated rings. The van der Waals surface area contributed by atoms with Crippen LogP contribution in [-0.4, -0.2) is 90.3 Å². The van der Waals surface area contributed by atoms with E-state index in [1.165, 1.54) is 0 Å². The van der Waals surface area contributed by atoms with Gasteiger partial charge in [0.25, 0.3) is 0 Å². The van der Waals surface area contributed by atoms with Crippen LogP contribution in [0.15, 0.2) is 42.7 Å². The molecule has 12 heteroatoms. The predicted molar refractivity (Wildman–Crippen MR) is 138 cm³/mol. The molecule has 0 saturated heterocycles. The second-order valence-corrected chi connectivity index (χ2v) is 7.72. The molecule has 4 aromatic heterocycles. The fourth-order valence-electron chi connectivity index (χ4n) is 3.61. The van der Waals surface area contributed by atoms with E-state index in [1.807, 2.05) is 34.8 Å². The van der Waals surface area contributed by atoms with Crippen molar-refractivity contribution in [2.45, 2.75) is 0 Å². The molecule has 0 spiro atoms. The summed E-state index contributed by atoms with van der Waals surface area (Å²) < 4.78 is 17.3. The summed E-state index contributed by atoms with van der Waals surface area (Å²) in [7, 11) is 4.98.